The zero-order valence-corrected chi connectivity index (χ0v) is 70.6. The Bertz CT molecular complexity index is 1970. The van der Waals surface area contributed by atoms with Gasteiger partial charge in [-0.1, -0.05) is 459 Å². The molecule has 2 atom stereocenters. The first-order chi connectivity index (χ1) is 51.6. The number of hydrogen-bond acceptors (Lipinski definition) is 8. The SMILES string of the molecule is CC/C=C\C/C=C\C/C=C\C/C=C\C/C=C\C/C=C\CCCCCCCCCCCCCCCCCCCCCCC(=O)OC(COC(=O)CCCCCCCCCCCCCCCCCCCCCCCCCCCCCCCCCCCCCCCCCCC)COC(OCC[N+](C)(C)C)C(=O)[O-]. The van der Waals surface area contributed by atoms with Gasteiger partial charge in [0, 0.05) is 12.8 Å². The second-order valence-corrected chi connectivity index (χ2v) is 32.6. The summed E-state index contributed by atoms with van der Waals surface area (Å²) in [6.45, 7) is 4.72. The maximum Gasteiger partial charge on any atom is 0.306 e. The summed E-state index contributed by atoms with van der Waals surface area (Å²) in [5.74, 6) is -2.25. The van der Waals surface area contributed by atoms with E-state index in [1.165, 1.54) is 360 Å². The number of unbranched alkanes of at least 4 members (excludes halogenated alkanes) is 60. The van der Waals surface area contributed by atoms with Crippen LogP contribution in [-0.4, -0.2) is 82.3 Å². The summed E-state index contributed by atoms with van der Waals surface area (Å²) < 4.78 is 22.9. The Kier molecular flexibility index (Phi) is 83.6. The van der Waals surface area contributed by atoms with Crippen LogP contribution in [0.3, 0.4) is 0 Å². The number of carbonyl (C=O) groups excluding carboxylic acids is 3. The lowest BCUT2D eigenvalue weighted by atomic mass is 10.0. The van der Waals surface area contributed by atoms with Crippen molar-refractivity contribution in [3.8, 4) is 0 Å². The molecule has 0 aliphatic heterocycles. The molecule has 614 valence electrons. The lowest BCUT2D eigenvalue weighted by Crippen LogP contribution is -2.44. The van der Waals surface area contributed by atoms with Crippen molar-refractivity contribution in [2.45, 2.75) is 476 Å². The molecule has 0 bridgehead atoms. The van der Waals surface area contributed by atoms with Gasteiger partial charge in [-0.2, -0.15) is 0 Å². The third-order valence-electron chi connectivity index (χ3n) is 21.0. The smallest absolute Gasteiger partial charge is 0.306 e. The lowest BCUT2D eigenvalue weighted by Gasteiger charge is -2.26. The summed E-state index contributed by atoms with van der Waals surface area (Å²) >= 11 is 0. The topological polar surface area (TPSA) is 111 Å². The summed E-state index contributed by atoms with van der Waals surface area (Å²) in [6, 6.07) is 0. The van der Waals surface area contributed by atoms with Gasteiger partial charge >= 0.3 is 11.9 Å². The van der Waals surface area contributed by atoms with Crippen molar-refractivity contribution >= 4 is 17.9 Å². The fourth-order valence-corrected chi connectivity index (χ4v) is 14.0. The van der Waals surface area contributed by atoms with Gasteiger partial charge in [-0.25, -0.2) is 0 Å². The maximum atomic E-state index is 13.0. The first kappa shape index (κ1) is 102. The van der Waals surface area contributed by atoms with E-state index in [4.69, 9.17) is 18.9 Å². The standard InChI is InChI=1S/C96H177NO8/c1-6-8-10-12-14-16-18-20-22-24-26-28-30-32-34-36-38-40-42-44-46-47-49-50-52-54-56-58-60-62-64-66-68-70-72-74-76-78-80-82-84-86-93(98)103-90-92(91-104-96(95(100)101)102-89-88-97(3,4)5)105-94(99)87-85-83-81-79-77-75-73-71-69-67-65-63-61-59-57-55-53-51-48-45-43-41-39-37-35-33-31-29-27-25-23-21-19-17-15-13-11-9-7-2/h9,11,15,17,21,23,27,29,33,35,39,41,92,96H,6-8,10,12-14,16,18-20,22,24-26,28,30-32,34,36-38,40,42-91H2,1-5H3/b11-9-,17-15-,23-21-,29-27-,35-33-,41-39-. The highest BCUT2D eigenvalue weighted by atomic mass is 16.7. The second kappa shape index (κ2) is 86.3. The van der Waals surface area contributed by atoms with Gasteiger partial charge in [0.25, 0.3) is 0 Å². The van der Waals surface area contributed by atoms with E-state index in [1.54, 1.807) is 0 Å². The van der Waals surface area contributed by atoms with E-state index in [0.717, 1.165) is 70.6 Å². The molecule has 0 aromatic rings. The van der Waals surface area contributed by atoms with E-state index in [1.807, 2.05) is 21.1 Å². The van der Waals surface area contributed by atoms with Crippen molar-refractivity contribution in [3.63, 3.8) is 0 Å². The van der Waals surface area contributed by atoms with Crippen LogP contribution in [-0.2, 0) is 33.3 Å². The van der Waals surface area contributed by atoms with Gasteiger partial charge in [0.15, 0.2) is 12.4 Å². The van der Waals surface area contributed by atoms with Crippen molar-refractivity contribution in [2.24, 2.45) is 0 Å². The van der Waals surface area contributed by atoms with Crippen LogP contribution < -0.4 is 5.11 Å². The maximum absolute atomic E-state index is 13.0. The third-order valence-corrected chi connectivity index (χ3v) is 21.0. The van der Waals surface area contributed by atoms with E-state index in [9.17, 15) is 19.5 Å². The number of esters is 2. The van der Waals surface area contributed by atoms with Crippen LogP contribution in [0.5, 0.6) is 0 Å². The average Bonchev–Trinajstić information content (AvgIpc) is 1.97. The summed E-state index contributed by atoms with van der Waals surface area (Å²) in [4.78, 5) is 37.7. The minimum atomic E-state index is -1.62. The molecule has 9 nitrogen and oxygen atoms in total. The summed E-state index contributed by atoms with van der Waals surface area (Å²) in [7, 11) is 5.96. The highest BCUT2D eigenvalue weighted by Gasteiger charge is 2.22. The van der Waals surface area contributed by atoms with E-state index in [-0.39, 0.29) is 32.2 Å². The summed E-state index contributed by atoms with van der Waals surface area (Å²) in [5, 5.41) is 11.9. The van der Waals surface area contributed by atoms with E-state index in [2.05, 4.69) is 86.8 Å². The van der Waals surface area contributed by atoms with Crippen molar-refractivity contribution in [1.29, 1.82) is 0 Å². The molecule has 0 aliphatic carbocycles. The Balaban J connectivity index is 3.89. The Labute approximate surface area is 653 Å². The van der Waals surface area contributed by atoms with E-state index >= 15 is 0 Å². The first-order valence-corrected chi connectivity index (χ1v) is 46.1. The molecular weight excluding hydrogens is 1300 g/mol. The predicted molar refractivity (Wildman–Crippen MR) is 454 cm³/mol. The summed E-state index contributed by atoms with van der Waals surface area (Å²) in [6.07, 6.45) is 115. The molecule has 0 fully saturated rings. The molecule has 0 radical (unpaired) electrons. The van der Waals surface area contributed by atoms with Crippen molar-refractivity contribution in [2.75, 3.05) is 47.5 Å². The average molecular weight is 1470 g/mol. The Morgan fingerprint density at radius 2 is 0.543 bits per heavy atom. The number of allylic oxidation sites excluding steroid dienone is 12. The highest BCUT2D eigenvalue weighted by Crippen LogP contribution is 2.21. The number of rotatable bonds is 87. The Morgan fingerprint density at radius 3 is 0.810 bits per heavy atom. The van der Waals surface area contributed by atoms with Crippen LogP contribution >= 0.6 is 0 Å². The Hall–Kier alpha value is -3.27. The molecule has 0 heterocycles. The molecule has 2 unspecified atom stereocenters. The first-order valence-electron chi connectivity index (χ1n) is 46.1. The van der Waals surface area contributed by atoms with Crippen LogP contribution in [0.15, 0.2) is 72.9 Å². The van der Waals surface area contributed by atoms with Gasteiger partial charge < -0.3 is 33.3 Å². The Morgan fingerprint density at radius 1 is 0.295 bits per heavy atom. The molecule has 0 aromatic carbocycles. The fraction of sp³-hybridized carbons (Fsp3) is 0.844. The molecule has 0 rings (SSSR count). The molecule has 9 heteroatoms. The molecular formula is C96H177NO8. The van der Waals surface area contributed by atoms with Gasteiger partial charge in [-0.05, 0) is 64.2 Å². The number of carboxylic acids is 1. The minimum absolute atomic E-state index is 0.150. The van der Waals surface area contributed by atoms with Crippen LogP contribution in [0.1, 0.15) is 463 Å². The molecule has 0 aromatic heterocycles. The largest absolute Gasteiger partial charge is 0.545 e. The van der Waals surface area contributed by atoms with Gasteiger partial charge in [-0.3, -0.25) is 9.59 Å². The number of ether oxygens (including phenoxy) is 4. The van der Waals surface area contributed by atoms with Gasteiger partial charge in [0.1, 0.15) is 13.2 Å². The quantitative estimate of drug-likeness (QED) is 0.0195. The number of quaternary nitrogens is 1. The van der Waals surface area contributed by atoms with Crippen molar-refractivity contribution in [3.05, 3.63) is 72.9 Å². The van der Waals surface area contributed by atoms with Crippen LogP contribution in [0.2, 0.25) is 0 Å². The fourth-order valence-electron chi connectivity index (χ4n) is 14.0. The molecule has 105 heavy (non-hydrogen) atoms. The van der Waals surface area contributed by atoms with E-state index < -0.39 is 24.3 Å². The van der Waals surface area contributed by atoms with Crippen LogP contribution in [0.25, 0.3) is 0 Å². The number of carboxylic acid groups (broad SMARTS) is 1. The predicted octanol–water partition coefficient (Wildman–Crippen LogP) is 28.9. The monoisotopic (exact) mass is 1470 g/mol. The van der Waals surface area contributed by atoms with Gasteiger partial charge in [0.2, 0.25) is 0 Å². The van der Waals surface area contributed by atoms with Gasteiger partial charge in [0.05, 0.1) is 40.3 Å². The zero-order valence-electron chi connectivity index (χ0n) is 70.6. The number of likely N-dealkylation sites (N-methyl/N-ethyl adjacent to an activating group) is 1. The molecule has 0 saturated carbocycles. The molecule has 0 saturated heterocycles. The molecule has 0 spiro atoms. The number of hydrogen-bond donors (Lipinski definition) is 0. The molecule has 0 N–H and O–H groups in total. The second-order valence-electron chi connectivity index (χ2n) is 32.6. The zero-order chi connectivity index (χ0) is 76.0. The van der Waals surface area contributed by atoms with Crippen molar-refractivity contribution < 1.29 is 42.9 Å². The lowest BCUT2D eigenvalue weighted by molar-refractivity contribution is -0.870. The van der Waals surface area contributed by atoms with E-state index in [0.29, 0.717) is 23.9 Å². The van der Waals surface area contributed by atoms with Crippen LogP contribution in [0.4, 0.5) is 0 Å². The normalized spacial score (nSPS) is 12.9. The summed E-state index contributed by atoms with van der Waals surface area (Å²) in [5.41, 5.74) is 0. The van der Waals surface area contributed by atoms with Gasteiger partial charge in [-0.15, -0.1) is 0 Å². The number of nitrogens with zero attached hydrogens (tertiary/aromatic N) is 1. The minimum Gasteiger partial charge on any atom is -0.545 e. The third kappa shape index (κ3) is 87.8. The van der Waals surface area contributed by atoms with Crippen molar-refractivity contribution in [1.82, 2.24) is 0 Å². The highest BCUT2D eigenvalue weighted by molar-refractivity contribution is 5.70. The molecule has 0 amide bonds. The number of carbonyl (C=O) groups is 3. The molecule has 0 aliphatic rings. The van der Waals surface area contributed by atoms with Crippen LogP contribution in [0, 0.1) is 0 Å². The number of aliphatic carboxylic acids is 1.